The third kappa shape index (κ3) is 5.82. The van der Waals surface area contributed by atoms with E-state index in [1.165, 1.54) is 7.11 Å². The molecule has 42 heavy (non-hydrogen) atoms. The number of rotatable bonds is 7. The van der Waals surface area contributed by atoms with E-state index in [0.29, 0.717) is 34.1 Å². The van der Waals surface area contributed by atoms with Gasteiger partial charge in [0.25, 0.3) is 0 Å². The minimum absolute atomic E-state index is 0.344. The predicted molar refractivity (Wildman–Crippen MR) is 168 cm³/mol. The monoisotopic (exact) mass is 562 g/mol. The summed E-state index contributed by atoms with van der Waals surface area (Å²) in [5, 5.41) is 27.6. The van der Waals surface area contributed by atoms with Crippen LogP contribution in [0.2, 0.25) is 0 Å². The van der Waals surface area contributed by atoms with Gasteiger partial charge in [0.05, 0.1) is 7.11 Å². The summed E-state index contributed by atoms with van der Waals surface area (Å²) in [5.74, 6) is 2.85. The first kappa shape index (κ1) is 29.8. The van der Waals surface area contributed by atoms with Crippen molar-refractivity contribution in [3.8, 4) is 40.9 Å². The molecule has 214 valence electrons. The number of hydrogen-bond donors (Lipinski definition) is 0. The van der Waals surface area contributed by atoms with E-state index in [9.17, 15) is 10.4 Å². The lowest BCUT2D eigenvalue weighted by Crippen LogP contribution is -2.20. The lowest BCUT2D eigenvalue weighted by atomic mass is 9.76. The number of benzene rings is 4. The second kappa shape index (κ2) is 12.2. The molecule has 0 spiro atoms. The molecule has 0 fully saturated rings. The molecule has 4 aromatic carbocycles. The first-order chi connectivity index (χ1) is 20.0. The quantitative estimate of drug-likeness (QED) is 0.210. The van der Waals surface area contributed by atoms with E-state index in [4.69, 9.17) is 14.2 Å². The molecule has 0 saturated heterocycles. The molecule has 0 aliphatic rings. The van der Waals surface area contributed by atoms with Crippen LogP contribution >= 0.6 is 0 Å². The van der Waals surface area contributed by atoms with Crippen molar-refractivity contribution in [2.24, 2.45) is 0 Å². The molecule has 0 N–H and O–H groups in total. The van der Waals surface area contributed by atoms with E-state index in [2.05, 4.69) is 60.3 Å². The van der Waals surface area contributed by atoms with Crippen LogP contribution in [0.25, 0.3) is 10.0 Å². The summed E-state index contributed by atoms with van der Waals surface area (Å²) in [4.78, 5) is 0. The van der Waals surface area contributed by atoms with E-state index in [1.807, 2.05) is 52.8 Å². The van der Waals surface area contributed by atoms with Crippen LogP contribution in [0.1, 0.15) is 63.9 Å². The molecule has 7 nitrogen and oxygen atoms in total. The average molecular weight is 563 g/mol. The molecular formula is C35H34N2O5. The third-order valence-electron chi connectivity index (χ3n) is 7.55. The molecule has 0 radical (unpaired) electrons. The molecule has 0 heterocycles. The van der Waals surface area contributed by atoms with Gasteiger partial charge < -0.3 is 24.6 Å². The Bertz CT molecular complexity index is 1740. The maximum absolute atomic E-state index is 11.0. The lowest BCUT2D eigenvalue weighted by molar-refractivity contribution is 0.406. The molecule has 4 rings (SSSR count). The van der Waals surface area contributed by atoms with E-state index in [0.717, 1.165) is 44.7 Å². The van der Waals surface area contributed by atoms with Crippen molar-refractivity contribution in [2.45, 2.75) is 53.9 Å². The molecule has 0 aliphatic heterocycles. The Hall–Kier alpha value is -5.14. The van der Waals surface area contributed by atoms with E-state index < -0.39 is 0 Å². The zero-order valence-corrected chi connectivity index (χ0v) is 25.2. The lowest BCUT2D eigenvalue weighted by Gasteiger charge is -2.29. The van der Waals surface area contributed by atoms with Gasteiger partial charge in [0, 0.05) is 15.4 Å². The minimum atomic E-state index is -0.344. The van der Waals surface area contributed by atoms with Crippen molar-refractivity contribution >= 4 is 0 Å². The molecule has 0 amide bonds. The maximum atomic E-state index is 11.0. The molecule has 0 aromatic heterocycles. The van der Waals surface area contributed by atoms with Crippen molar-refractivity contribution in [1.29, 1.82) is 0 Å². The first-order valence-electron chi connectivity index (χ1n) is 13.5. The van der Waals surface area contributed by atoms with Gasteiger partial charge >= 0.3 is 12.1 Å². The highest BCUT2D eigenvalue weighted by Crippen LogP contribution is 2.41. The van der Waals surface area contributed by atoms with Crippen LogP contribution in [0.4, 0.5) is 0 Å². The van der Waals surface area contributed by atoms with Crippen LogP contribution in [0.5, 0.6) is 28.7 Å². The molecular weight excluding hydrogens is 528 g/mol. The van der Waals surface area contributed by atoms with Crippen molar-refractivity contribution in [2.75, 3.05) is 7.11 Å². The number of hydrogen-bond acceptors (Lipinski definition) is 5. The summed E-state index contributed by atoms with van der Waals surface area (Å²) in [7, 11) is 1.52. The number of ether oxygens (including phenoxy) is 3. The predicted octanol–water partition coefficient (Wildman–Crippen LogP) is 9.51. The number of nitrogens with zero attached hydrogens (tertiary/aromatic N) is 2. The second-order valence-corrected chi connectivity index (χ2v) is 10.9. The minimum Gasteiger partial charge on any atom is -0.498 e. The number of methoxy groups -OCH3 is 1. The first-order valence-corrected chi connectivity index (χ1v) is 13.5. The Morgan fingerprint density at radius 2 is 1.00 bits per heavy atom. The van der Waals surface area contributed by atoms with Gasteiger partial charge in [-0.2, -0.15) is 0 Å². The van der Waals surface area contributed by atoms with Crippen LogP contribution in [0.3, 0.4) is 0 Å². The number of aryl methyl sites for hydroxylation is 5. The molecule has 7 heteroatoms. The van der Waals surface area contributed by atoms with Gasteiger partial charge in [-0.15, -0.1) is 0 Å². The van der Waals surface area contributed by atoms with Crippen molar-refractivity contribution < 1.29 is 14.2 Å². The fourth-order valence-corrected chi connectivity index (χ4v) is 5.17. The summed E-state index contributed by atoms with van der Waals surface area (Å²) in [6, 6.07) is 24.3. The highest BCUT2D eigenvalue weighted by atomic mass is 16.5. The van der Waals surface area contributed by atoms with Crippen LogP contribution in [0.15, 0.2) is 60.7 Å². The van der Waals surface area contributed by atoms with Crippen molar-refractivity contribution in [3.05, 3.63) is 131 Å². The van der Waals surface area contributed by atoms with Gasteiger partial charge in [0.1, 0.15) is 28.6 Å². The normalized spacial score (nSPS) is 10.7. The summed E-state index contributed by atoms with van der Waals surface area (Å²) in [5.41, 5.74) is 7.51. The summed E-state index contributed by atoms with van der Waals surface area (Å²) in [6.07, 6.45) is 0. The Balaban J connectivity index is 1.69. The average Bonchev–Trinajstić information content (AvgIpc) is 2.94. The van der Waals surface area contributed by atoms with Crippen LogP contribution in [-0.2, 0) is 5.41 Å². The largest absolute Gasteiger partial charge is 0.498 e. The van der Waals surface area contributed by atoms with Gasteiger partial charge in [-0.3, -0.25) is 0 Å². The van der Waals surface area contributed by atoms with Gasteiger partial charge in [-0.1, -0.05) is 56.3 Å². The van der Waals surface area contributed by atoms with Crippen molar-refractivity contribution in [1.82, 2.24) is 0 Å². The van der Waals surface area contributed by atoms with Gasteiger partial charge in [0.15, 0.2) is 11.3 Å². The SMILES string of the molecule is COc1cccc(Oc2c(C)cc(C(C)(C)c3cc(C)c(Oc4cccc(C)c4C#[N+][O-])c(C)c3)cc2C)c1C#[N+][O-]. The summed E-state index contributed by atoms with van der Waals surface area (Å²) < 4.78 is 18.0. The Morgan fingerprint density at radius 3 is 1.45 bits per heavy atom. The van der Waals surface area contributed by atoms with Crippen molar-refractivity contribution in [3.63, 3.8) is 0 Å². The molecule has 0 aliphatic carbocycles. The van der Waals surface area contributed by atoms with E-state index >= 15 is 0 Å². The van der Waals surface area contributed by atoms with Crippen LogP contribution in [-0.4, -0.2) is 7.11 Å². The van der Waals surface area contributed by atoms with E-state index in [1.54, 1.807) is 18.2 Å². The molecule has 0 atom stereocenters. The maximum Gasteiger partial charge on any atom is 0.344 e. The molecule has 0 saturated carbocycles. The zero-order valence-electron chi connectivity index (χ0n) is 25.2. The third-order valence-corrected chi connectivity index (χ3v) is 7.55. The van der Waals surface area contributed by atoms with Crippen LogP contribution < -0.4 is 14.2 Å². The fourth-order valence-electron chi connectivity index (χ4n) is 5.17. The van der Waals surface area contributed by atoms with Crippen LogP contribution in [0, 0.1) is 57.2 Å². The highest BCUT2D eigenvalue weighted by molar-refractivity contribution is 5.58. The Labute approximate surface area is 247 Å². The fraction of sp³-hybridized carbons (Fsp3) is 0.257. The second-order valence-electron chi connectivity index (χ2n) is 10.9. The highest BCUT2D eigenvalue weighted by Gasteiger charge is 2.27. The molecule has 4 aromatic rings. The van der Waals surface area contributed by atoms with Gasteiger partial charge in [-0.25, -0.2) is 0 Å². The Kier molecular flexibility index (Phi) is 8.64. The zero-order chi connectivity index (χ0) is 30.6. The van der Waals surface area contributed by atoms with Gasteiger partial charge in [-0.05, 0) is 91.8 Å². The standard InChI is InChI=1S/C35H34N2O5/c1-21-11-9-13-31(28(21)19-36-38)41-33-22(2)15-26(16-23(33)3)35(6,7)27-17-24(4)34(25(5)18-27)42-32-14-10-12-30(40-8)29(32)20-37-39/h9-18H,1-8H3. The Morgan fingerprint density at radius 1 is 0.595 bits per heavy atom. The summed E-state index contributed by atoms with van der Waals surface area (Å²) >= 11 is 0. The topological polar surface area (TPSA) is 82.5 Å². The van der Waals surface area contributed by atoms with E-state index in [-0.39, 0.29) is 5.41 Å². The van der Waals surface area contributed by atoms with Gasteiger partial charge in [0.2, 0.25) is 0 Å². The smallest absolute Gasteiger partial charge is 0.344 e. The summed E-state index contributed by atoms with van der Waals surface area (Å²) in [6.45, 7) is 14.3. The molecule has 0 bridgehead atoms. The molecule has 0 unspecified atom stereocenters.